The highest BCUT2D eigenvalue weighted by atomic mass is 19.1. The molecule has 0 saturated heterocycles. The van der Waals surface area contributed by atoms with Crippen molar-refractivity contribution >= 4 is 16.8 Å². The summed E-state index contributed by atoms with van der Waals surface area (Å²) in [5.74, 6) is 2.66. The molecule has 6 unspecified atom stereocenters. The van der Waals surface area contributed by atoms with Crippen molar-refractivity contribution in [2.45, 2.75) is 85.1 Å². The molecule has 4 fully saturated rings. The Balaban J connectivity index is 1.21. The lowest BCUT2D eigenvalue weighted by atomic mass is 9.44. The molecule has 34 heavy (non-hydrogen) atoms. The van der Waals surface area contributed by atoms with Crippen molar-refractivity contribution in [2.75, 3.05) is 0 Å². The van der Waals surface area contributed by atoms with Gasteiger partial charge in [-0.3, -0.25) is 4.79 Å². The molecular weight excluding hydrogens is 432 g/mol. The second kappa shape index (κ2) is 7.83. The maximum Gasteiger partial charge on any atom is 0.159 e. The minimum atomic E-state index is -0.735. The van der Waals surface area contributed by atoms with Crippen LogP contribution in [0.1, 0.15) is 78.6 Å². The monoisotopic (exact) mass is 469 g/mol. The van der Waals surface area contributed by atoms with E-state index in [1.807, 2.05) is 0 Å². The molecule has 4 aliphatic carbocycles. The van der Waals surface area contributed by atoms with Crippen molar-refractivity contribution < 1.29 is 13.6 Å². The second-order valence-electron chi connectivity index (χ2n) is 12.7. The first-order valence-electron chi connectivity index (χ1n) is 13.4. The lowest BCUT2D eigenvalue weighted by molar-refractivity contribution is -0.137. The zero-order valence-electron chi connectivity index (χ0n) is 20.7. The van der Waals surface area contributed by atoms with Gasteiger partial charge in [-0.2, -0.15) is 9.90 Å². The van der Waals surface area contributed by atoms with Gasteiger partial charge >= 0.3 is 0 Å². The summed E-state index contributed by atoms with van der Waals surface area (Å²) < 4.78 is 27.6. The fourth-order valence-electron chi connectivity index (χ4n) is 9.31. The number of fused-ring (bicyclic) bond motifs is 6. The third-order valence-corrected chi connectivity index (χ3v) is 11.1. The van der Waals surface area contributed by atoms with E-state index in [9.17, 15) is 13.6 Å². The summed E-state index contributed by atoms with van der Waals surface area (Å²) in [4.78, 5) is 14.8. The normalized spacial score (nSPS) is 41.7. The maximum absolute atomic E-state index is 14.1. The van der Waals surface area contributed by atoms with E-state index >= 15 is 0 Å². The molecule has 6 heteroatoms. The molecule has 184 valence electrons. The highest BCUT2D eigenvalue weighted by molar-refractivity contribution is 5.82. The third-order valence-electron chi connectivity index (χ3n) is 11.1. The highest BCUT2D eigenvalue weighted by Gasteiger charge is 2.60. The van der Waals surface area contributed by atoms with Crippen LogP contribution < -0.4 is 0 Å². The smallest absolute Gasteiger partial charge is 0.159 e. The molecule has 8 atom stereocenters. The van der Waals surface area contributed by atoms with Crippen LogP contribution in [0.2, 0.25) is 0 Å². The van der Waals surface area contributed by atoms with Gasteiger partial charge in [0, 0.05) is 18.1 Å². The average Bonchev–Trinajstić information content (AvgIpc) is 3.34. The number of halogens is 2. The molecule has 0 bridgehead atoms. The summed E-state index contributed by atoms with van der Waals surface area (Å²) in [6, 6.07) is 1.98. The molecule has 0 aliphatic heterocycles. The number of rotatable bonds is 3. The molecule has 0 radical (unpaired) electrons. The summed E-state index contributed by atoms with van der Waals surface area (Å²) in [7, 11) is 0. The van der Waals surface area contributed by atoms with Crippen molar-refractivity contribution in [3.05, 3.63) is 23.8 Å². The molecule has 0 N–H and O–H groups in total. The fourth-order valence-corrected chi connectivity index (χ4v) is 9.31. The molecule has 4 nitrogen and oxygen atoms in total. The van der Waals surface area contributed by atoms with Gasteiger partial charge in [0.05, 0.1) is 0 Å². The molecule has 0 amide bonds. The van der Waals surface area contributed by atoms with Crippen molar-refractivity contribution in [3.8, 4) is 0 Å². The molecule has 2 aromatic rings. The summed E-state index contributed by atoms with van der Waals surface area (Å²) in [5, 5.41) is 8.36. The van der Waals surface area contributed by atoms with E-state index in [4.69, 9.17) is 0 Å². The van der Waals surface area contributed by atoms with Crippen LogP contribution in [-0.2, 0) is 11.3 Å². The maximum atomic E-state index is 14.1. The minimum Gasteiger partial charge on any atom is -0.297 e. The summed E-state index contributed by atoms with van der Waals surface area (Å²) in [6.45, 7) is 7.42. The third kappa shape index (κ3) is 3.30. The number of carbonyl (C=O) groups excluding carboxylic acids is 1. The van der Waals surface area contributed by atoms with Crippen molar-refractivity contribution in [2.24, 2.45) is 46.3 Å². The van der Waals surface area contributed by atoms with Crippen LogP contribution >= 0.6 is 0 Å². The first-order chi connectivity index (χ1) is 16.2. The Morgan fingerprint density at radius 2 is 1.76 bits per heavy atom. The molecule has 4 saturated carbocycles. The fraction of sp³-hybridized carbons (Fsp3) is 0.750. The van der Waals surface area contributed by atoms with Crippen LogP contribution in [0.15, 0.2) is 12.1 Å². The Hall–Kier alpha value is -1.85. The summed E-state index contributed by atoms with van der Waals surface area (Å²) >= 11 is 0. The first kappa shape index (κ1) is 22.6. The van der Waals surface area contributed by atoms with Gasteiger partial charge in [-0.25, -0.2) is 8.78 Å². The van der Waals surface area contributed by atoms with Gasteiger partial charge in [-0.05, 0) is 91.8 Å². The predicted molar refractivity (Wildman–Crippen MR) is 127 cm³/mol. The molecule has 0 spiro atoms. The van der Waals surface area contributed by atoms with Crippen molar-refractivity contribution in [1.82, 2.24) is 15.0 Å². The average molecular weight is 470 g/mol. The zero-order chi connectivity index (χ0) is 23.8. The molecular formula is C28H37F2N3O. The number of benzene rings is 1. The largest absolute Gasteiger partial charge is 0.297 e. The van der Waals surface area contributed by atoms with Crippen LogP contribution in [0, 0.1) is 58.0 Å². The number of hydrogen-bond donors (Lipinski definition) is 0. The number of carbonyl (C=O) groups is 1. The van der Waals surface area contributed by atoms with Crippen LogP contribution in [0.4, 0.5) is 8.78 Å². The van der Waals surface area contributed by atoms with Crippen LogP contribution in [-0.4, -0.2) is 20.8 Å². The molecule has 6 rings (SSSR count). The van der Waals surface area contributed by atoms with E-state index in [2.05, 4.69) is 31.0 Å². The number of aromatic nitrogens is 3. The van der Waals surface area contributed by atoms with E-state index in [-0.39, 0.29) is 34.7 Å². The Bertz CT molecular complexity index is 1130. The summed E-state index contributed by atoms with van der Waals surface area (Å²) in [5.41, 5.74) is 0.704. The lowest BCUT2D eigenvalue weighted by Crippen LogP contribution is -2.53. The molecule has 1 heterocycles. The van der Waals surface area contributed by atoms with E-state index < -0.39 is 11.6 Å². The van der Waals surface area contributed by atoms with Gasteiger partial charge in [0.25, 0.3) is 0 Å². The highest BCUT2D eigenvalue weighted by Crippen LogP contribution is 2.67. The Labute approximate surface area is 200 Å². The standard InChI is InChI=1S/C28H37F2N3O/c1-16-8-10-27(2)17(12-16)4-5-19-20-6-7-22(28(20,3)11-9-21(19)27)25(34)15-33-31-24-14-18(29)13-23(30)26(24)32-33/h13-14,16-17,19-22H,4-12,15H2,1-3H3/t16-,17?,19?,20?,21?,22+,27?,28?/m0/s1. The predicted octanol–water partition coefficient (Wildman–Crippen LogP) is 6.57. The topological polar surface area (TPSA) is 47.8 Å². The van der Waals surface area contributed by atoms with Crippen molar-refractivity contribution in [1.29, 1.82) is 0 Å². The van der Waals surface area contributed by atoms with Gasteiger partial charge < -0.3 is 0 Å². The van der Waals surface area contributed by atoms with Gasteiger partial charge in [0.15, 0.2) is 11.6 Å². The Morgan fingerprint density at radius 1 is 1.00 bits per heavy atom. The van der Waals surface area contributed by atoms with Gasteiger partial charge in [-0.1, -0.05) is 27.2 Å². The van der Waals surface area contributed by atoms with Gasteiger partial charge in [-0.15, -0.1) is 5.10 Å². The quantitative estimate of drug-likeness (QED) is 0.511. The van der Waals surface area contributed by atoms with E-state index in [0.29, 0.717) is 11.3 Å². The molecule has 4 aliphatic rings. The van der Waals surface area contributed by atoms with E-state index in [1.54, 1.807) is 0 Å². The minimum absolute atomic E-state index is 0.00560. The van der Waals surface area contributed by atoms with Gasteiger partial charge in [0.1, 0.15) is 23.4 Å². The number of nitrogens with zero attached hydrogens (tertiary/aromatic N) is 3. The molecule has 1 aromatic carbocycles. The van der Waals surface area contributed by atoms with Gasteiger partial charge in [0.2, 0.25) is 0 Å². The lowest BCUT2D eigenvalue weighted by Gasteiger charge is -2.61. The number of Topliss-reactive ketones (excluding diaryl/α,β-unsaturated/α-hetero) is 1. The Morgan fingerprint density at radius 3 is 2.59 bits per heavy atom. The number of hydrogen-bond acceptors (Lipinski definition) is 3. The van der Waals surface area contributed by atoms with E-state index in [0.717, 1.165) is 49.0 Å². The van der Waals surface area contributed by atoms with Crippen LogP contribution in [0.3, 0.4) is 0 Å². The molecule has 1 aromatic heterocycles. The van der Waals surface area contributed by atoms with E-state index in [1.165, 1.54) is 49.4 Å². The second-order valence-corrected chi connectivity index (χ2v) is 12.7. The zero-order valence-corrected chi connectivity index (χ0v) is 20.7. The SMILES string of the molecule is C[C@H]1CCC2(C)C(CCC3C2CCC2(C)C3CC[C@@H]2C(=O)Cn2nc3cc(F)cc(F)c3n2)C1. The van der Waals surface area contributed by atoms with Crippen molar-refractivity contribution in [3.63, 3.8) is 0 Å². The Kier molecular flexibility index (Phi) is 5.20. The summed E-state index contributed by atoms with van der Waals surface area (Å²) in [6.07, 6.45) is 11.3. The van der Waals surface area contributed by atoms with Crippen LogP contribution in [0.5, 0.6) is 0 Å². The first-order valence-corrected chi connectivity index (χ1v) is 13.4. The van der Waals surface area contributed by atoms with Crippen LogP contribution in [0.25, 0.3) is 11.0 Å². The number of ketones is 1.